The Morgan fingerprint density at radius 1 is 0.926 bits per heavy atom. The molecule has 1 aromatic heterocycles. The molecule has 5 heteroatoms. The summed E-state index contributed by atoms with van der Waals surface area (Å²) in [4.78, 5) is 0. The topological polar surface area (TPSA) is 45.5 Å². The Bertz CT molecular complexity index is 864. The zero-order valence-electron chi connectivity index (χ0n) is 15.6. The molecule has 1 aliphatic rings. The van der Waals surface area contributed by atoms with Crippen molar-refractivity contribution >= 4 is 0 Å². The van der Waals surface area contributed by atoms with Crippen molar-refractivity contribution in [2.75, 3.05) is 13.2 Å². The Morgan fingerprint density at radius 3 is 2.26 bits per heavy atom. The molecule has 0 saturated carbocycles. The van der Waals surface area contributed by atoms with E-state index in [0.29, 0.717) is 19.1 Å². The summed E-state index contributed by atoms with van der Waals surface area (Å²) in [5.74, 6) is 0.702. The smallest absolute Gasteiger partial charge is 0.229 e. The third-order valence-electron chi connectivity index (χ3n) is 4.76. The van der Waals surface area contributed by atoms with E-state index in [-0.39, 0.29) is 12.0 Å². The van der Waals surface area contributed by atoms with Crippen molar-refractivity contribution in [2.45, 2.75) is 32.2 Å². The molecule has 0 fully saturated rings. The fourth-order valence-electron chi connectivity index (χ4n) is 3.64. The van der Waals surface area contributed by atoms with Crippen LogP contribution in [0.2, 0.25) is 0 Å². The van der Waals surface area contributed by atoms with Gasteiger partial charge in [-0.3, -0.25) is 0 Å². The summed E-state index contributed by atoms with van der Waals surface area (Å²) in [6.45, 7) is 5.09. The molecule has 5 nitrogen and oxygen atoms in total. The van der Waals surface area contributed by atoms with Crippen LogP contribution in [-0.2, 0) is 9.47 Å². The van der Waals surface area contributed by atoms with E-state index >= 15 is 0 Å². The van der Waals surface area contributed by atoms with Crippen molar-refractivity contribution in [2.24, 2.45) is 0 Å². The normalized spacial score (nSPS) is 21.5. The number of benzene rings is 2. The van der Waals surface area contributed by atoms with Gasteiger partial charge in [0.05, 0.1) is 11.9 Å². The standard InChI is InChI=1S/C22H24N2O3/c1-3-25-20-19(16-11-7-5-8-12-16)18-15-23-24(17-13-9-6-10-14-17)21(18)27-22(20)26-4-2/h5-15,19-20,22H,3-4H2,1-2H3. The molecule has 0 saturated heterocycles. The van der Waals surface area contributed by atoms with E-state index in [2.05, 4.69) is 17.2 Å². The van der Waals surface area contributed by atoms with Crippen molar-refractivity contribution in [1.29, 1.82) is 0 Å². The second-order valence-electron chi connectivity index (χ2n) is 6.40. The molecule has 0 radical (unpaired) electrons. The van der Waals surface area contributed by atoms with Crippen molar-refractivity contribution in [3.8, 4) is 11.6 Å². The number of ether oxygens (including phenoxy) is 3. The summed E-state index contributed by atoms with van der Waals surface area (Å²) < 4.78 is 20.1. The number of rotatable bonds is 6. The number of nitrogens with zero attached hydrogens (tertiary/aromatic N) is 2. The zero-order chi connectivity index (χ0) is 18.6. The van der Waals surface area contributed by atoms with E-state index in [0.717, 1.165) is 16.8 Å². The first-order valence-electron chi connectivity index (χ1n) is 9.41. The molecule has 0 aliphatic carbocycles. The lowest BCUT2D eigenvalue weighted by atomic mass is 9.86. The number of para-hydroxylation sites is 1. The number of aromatic nitrogens is 2. The summed E-state index contributed by atoms with van der Waals surface area (Å²) in [6.07, 6.45) is 1.15. The Morgan fingerprint density at radius 2 is 1.59 bits per heavy atom. The SMILES string of the molecule is CCOC1Oc2c(cnn2-c2ccccc2)C(c2ccccc2)C1OCC. The quantitative estimate of drug-likeness (QED) is 0.659. The summed E-state index contributed by atoms with van der Waals surface area (Å²) in [5, 5.41) is 4.61. The summed E-state index contributed by atoms with van der Waals surface area (Å²) in [6, 6.07) is 20.3. The Balaban J connectivity index is 1.84. The highest BCUT2D eigenvalue weighted by molar-refractivity contribution is 5.45. The van der Waals surface area contributed by atoms with Crippen LogP contribution in [-0.4, -0.2) is 35.4 Å². The molecule has 0 spiro atoms. The van der Waals surface area contributed by atoms with E-state index < -0.39 is 6.29 Å². The molecule has 140 valence electrons. The van der Waals surface area contributed by atoms with Crippen LogP contribution in [0.15, 0.2) is 66.9 Å². The fraction of sp³-hybridized carbons (Fsp3) is 0.318. The largest absolute Gasteiger partial charge is 0.445 e. The van der Waals surface area contributed by atoms with Crippen LogP contribution in [0.25, 0.3) is 5.69 Å². The molecule has 1 aliphatic heterocycles. The first-order chi connectivity index (χ1) is 13.3. The molecular formula is C22H24N2O3. The van der Waals surface area contributed by atoms with Crippen LogP contribution in [0.5, 0.6) is 5.88 Å². The van der Waals surface area contributed by atoms with Crippen LogP contribution in [0, 0.1) is 0 Å². The van der Waals surface area contributed by atoms with Gasteiger partial charge in [-0.25, -0.2) is 4.68 Å². The Labute approximate surface area is 159 Å². The van der Waals surface area contributed by atoms with Gasteiger partial charge in [0.25, 0.3) is 0 Å². The average molecular weight is 364 g/mol. The molecule has 3 unspecified atom stereocenters. The minimum absolute atomic E-state index is 0.0103. The van der Waals surface area contributed by atoms with Gasteiger partial charge in [-0.1, -0.05) is 48.5 Å². The summed E-state index contributed by atoms with van der Waals surface area (Å²) >= 11 is 0. The predicted octanol–water partition coefficient (Wildman–Crippen LogP) is 4.16. The first kappa shape index (κ1) is 17.8. The van der Waals surface area contributed by atoms with E-state index in [4.69, 9.17) is 14.2 Å². The minimum atomic E-state index is -0.494. The molecule has 0 amide bonds. The van der Waals surface area contributed by atoms with Gasteiger partial charge in [-0.05, 0) is 31.5 Å². The van der Waals surface area contributed by atoms with E-state index in [1.807, 2.05) is 73.3 Å². The van der Waals surface area contributed by atoms with Gasteiger partial charge in [0, 0.05) is 24.7 Å². The highest BCUT2D eigenvalue weighted by Gasteiger charge is 2.43. The van der Waals surface area contributed by atoms with Gasteiger partial charge in [-0.15, -0.1) is 0 Å². The van der Waals surface area contributed by atoms with Crippen LogP contribution in [0.3, 0.4) is 0 Å². The van der Waals surface area contributed by atoms with Crippen molar-refractivity contribution in [3.05, 3.63) is 78.0 Å². The van der Waals surface area contributed by atoms with Crippen molar-refractivity contribution < 1.29 is 14.2 Å². The first-order valence-corrected chi connectivity index (χ1v) is 9.41. The lowest BCUT2D eigenvalue weighted by molar-refractivity contribution is -0.174. The fourth-order valence-corrected chi connectivity index (χ4v) is 3.64. The third kappa shape index (κ3) is 3.36. The molecule has 2 heterocycles. The molecular weight excluding hydrogens is 340 g/mol. The molecule has 3 aromatic rings. The lowest BCUT2D eigenvalue weighted by Crippen LogP contribution is -2.45. The molecule has 0 N–H and O–H groups in total. The van der Waals surface area contributed by atoms with Gasteiger partial charge in [0.1, 0.15) is 6.10 Å². The molecule has 2 aromatic carbocycles. The van der Waals surface area contributed by atoms with Crippen molar-refractivity contribution in [1.82, 2.24) is 9.78 Å². The van der Waals surface area contributed by atoms with Crippen LogP contribution >= 0.6 is 0 Å². The van der Waals surface area contributed by atoms with Crippen molar-refractivity contribution in [3.63, 3.8) is 0 Å². The van der Waals surface area contributed by atoms with Crippen LogP contribution in [0.4, 0.5) is 0 Å². The van der Waals surface area contributed by atoms with Gasteiger partial charge in [0.2, 0.25) is 12.2 Å². The molecule has 3 atom stereocenters. The summed E-state index contributed by atoms with van der Waals surface area (Å²) in [5.41, 5.74) is 3.13. The highest BCUT2D eigenvalue weighted by Crippen LogP contribution is 2.43. The molecule has 0 bridgehead atoms. The maximum Gasteiger partial charge on any atom is 0.229 e. The molecule has 4 rings (SSSR count). The second kappa shape index (κ2) is 7.94. The Hall–Kier alpha value is -2.63. The van der Waals surface area contributed by atoms with Crippen LogP contribution in [0.1, 0.15) is 30.9 Å². The molecule has 27 heavy (non-hydrogen) atoms. The highest BCUT2D eigenvalue weighted by atomic mass is 16.7. The number of hydrogen-bond donors (Lipinski definition) is 0. The number of fused-ring (bicyclic) bond motifs is 1. The maximum atomic E-state index is 6.27. The van der Waals surface area contributed by atoms with Gasteiger partial charge < -0.3 is 14.2 Å². The van der Waals surface area contributed by atoms with E-state index in [9.17, 15) is 0 Å². The average Bonchev–Trinajstić information content (AvgIpc) is 3.13. The van der Waals surface area contributed by atoms with E-state index in [1.54, 1.807) is 0 Å². The number of hydrogen-bond acceptors (Lipinski definition) is 4. The lowest BCUT2D eigenvalue weighted by Gasteiger charge is -2.37. The predicted molar refractivity (Wildman–Crippen MR) is 103 cm³/mol. The zero-order valence-corrected chi connectivity index (χ0v) is 15.6. The minimum Gasteiger partial charge on any atom is -0.445 e. The Kier molecular flexibility index (Phi) is 5.23. The van der Waals surface area contributed by atoms with Gasteiger partial charge >= 0.3 is 0 Å². The second-order valence-corrected chi connectivity index (χ2v) is 6.40. The van der Waals surface area contributed by atoms with E-state index in [1.165, 1.54) is 0 Å². The van der Waals surface area contributed by atoms with Crippen LogP contribution < -0.4 is 4.74 Å². The van der Waals surface area contributed by atoms with Gasteiger partial charge in [-0.2, -0.15) is 5.10 Å². The maximum absolute atomic E-state index is 6.27. The third-order valence-corrected chi connectivity index (χ3v) is 4.76. The summed E-state index contributed by atoms with van der Waals surface area (Å²) in [7, 11) is 0. The monoisotopic (exact) mass is 364 g/mol. The van der Waals surface area contributed by atoms with Gasteiger partial charge in [0.15, 0.2) is 0 Å².